The third-order valence-electron chi connectivity index (χ3n) is 6.42. The number of Topliss-reactive ketones (excluding diaryl/α,β-unsaturated/α-hetero) is 1. The van der Waals surface area contributed by atoms with Gasteiger partial charge in [-0.05, 0) is 32.0 Å². The number of benzene rings is 2. The Morgan fingerprint density at radius 2 is 1.83 bits per heavy atom. The number of ketones is 1. The van der Waals surface area contributed by atoms with Gasteiger partial charge >= 0.3 is 0 Å². The Morgan fingerprint density at radius 1 is 1.10 bits per heavy atom. The van der Waals surface area contributed by atoms with Crippen LogP contribution in [0.15, 0.2) is 48.5 Å². The minimum Gasteiger partial charge on any atom is -0.347 e. The highest BCUT2D eigenvalue weighted by molar-refractivity contribution is 6.12. The average Bonchev–Trinajstić information content (AvgIpc) is 3.22. The van der Waals surface area contributed by atoms with Crippen LogP contribution < -0.4 is 5.32 Å². The molecule has 3 aromatic rings. The van der Waals surface area contributed by atoms with Crippen molar-refractivity contribution in [2.24, 2.45) is 5.41 Å². The van der Waals surface area contributed by atoms with Crippen molar-refractivity contribution in [3.05, 3.63) is 65.5 Å². The molecule has 148 valence electrons. The molecule has 1 fully saturated rings. The lowest BCUT2D eigenvalue weighted by atomic mass is 9.78. The fraction of sp³-hybridized carbons (Fsp3) is 0.348. The third kappa shape index (κ3) is 2.70. The fourth-order valence-electron chi connectivity index (χ4n) is 4.88. The van der Waals surface area contributed by atoms with Crippen LogP contribution in [0, 0.1) is 5.41 Å². The number of amides is 1. The highest BCUT2D eigenvalue weighted by atomic mass is 16.2. The Bertz CT molecular complexity index is 1130. The van der Waals surface area contributed by atoms with Crippen molar-refractivity contribution in [2.45, 2.75) is 33.0 Å². The Kier molecular flexibility index (Phi) is 4.06. The number of aromatic nitrogens is 2. The zero-order valence-electron chi connectivity index (χ0n) is 16.7. The summed E-state index contributed by atoms with van der Waals surface area (Å²) in [6.07, 6.45) is 0. The summed E-state index contributed by atoms with van der Waals surface area (Å²) in [6, 6.07) is 15.1. The summed E-state index contributed by atoms with van der Waals surface area (Å²) in [4.78, 5) is 33.2. The maximum atomic E-state index is 13.4. The first kappa shape index (κ1) is 18.1. The number of carbonyl (C=O) groups is 2. The molecule has 2 aliphatic heterocycles. The SMILES string of the molecule is CCn1c(CN2C[C@H]3NC(=O)c4ccccc4C(=O)[C@@]3(C)C2)nc2ccccc21. The molecule has 1 N–H and O–H groups in total. The van der Waals surface area contributed by atoms with Crippen molar-refractivity contribution >= 4 is 22.7 Å². The minimum absolute atomic E-state index is 0.0444. The molecule has 5 rings (SSSR count). The van der Waals surface area contributed by atoms with Crippen LogP contribution in [0.3, 0.4) is 0 Å². The summed E-state index contributed by atoms with van der Waals surface area (Å²) < 4.78 is 2.22. The Labute approximate surface area is 169 Å². The summed E-state index contributed by atoms with van der Waals surface area (Å²) in [5.41, 5.74) is 2.47. The first-order chi connectivity index (χ1) is 14.0. The van der Waals surface area contributed by atoms with Gasteiger partial charge in [0.15, 0.2) is 5.78 Å². The second-order valence-corrected chi connectivity index (χ2v) is 8.25. The van der Waals surface area contributed by atoms with Crippen LogP contribution in [-0.4, -0.2) is 45.3 Å². The van der Waals surface area contributed by atoms with Gasteiger partial charge in [0.25, 0.3) is 5.91 Å². The summed E-state index contributed by atoms with van der Waals surface area (Å²) in [5, 5.41) is 3.11. The first-order valence-electron chi connectivity index (χ1n) is 10.1. The van der Waals surface area contributed by atoms with E-state index in [-0.39, 0.29) is 17.7 Å². The van der Waals surface area contributed by atoms with Crippen molar-refractivity contribution in [1.82, 2.24) is 19.8 Å². The van der Waals surface area contributed by atoms with Gasteiger partial charge in [0, 0.05) is 25.2 Å². The van der Waals surface area contributed by atoms with Crippen LogP contribution >= 0.6 is 0 Å². The topological polar surface area (TPSA) is 67.2 Å². The normalized spacial score (nSPS) is 24.3. The number of rotatable bonds is 3. The van der Waals surface area contributed by atoms with E-state index in [1.165, 1.54) is 0 Å². The number of hydrogen-bond acceptors (Lipinski definition) is 4. The molecule has 6 nitrogen and oxygen atoms in total. The van der Waals surface area contributed by atoms with Crippen molar-refractivity contribution < 1.29 is 9.59 Å². The van der Waals surface area contributed by atoms with Crippen LogP contribution in [0.5, 0.6) is 0 Å². The average molecular weight is 388 g/mol. The number of imidazole rings is 1. The molecule has 1 saturated heterocycles. The molecule has 0 saturated carbocycles. The molecule has 0 aliphatic carbocycles. The van der Waals surface area contributed by atoms with E-state index >= 15 is 0 Å². The lowest BCUT2D eigenvalue weighted by Gasteiger charge is -2.27. The predicted molar refractivity (Wildman–Crippen MR) is 111 cm³/mol. The smallest absolute Gasteiger partial charge is 0.252 e. The summed E-state index contributed by atoms with van der Waals surface area (Å²) in [7, 11) is 0. The second-order valence-electron chi connectivity index (χ2n) is 8.25. The molecular formula is C23H24N4O2. The Balaban J connectivity index is 1.47. The van der Waals surface area contributed by atoms with Crippen LogP contribution in [0.25, 0.3) is 11.0 Å². The highest BCUT2D eigenvalue weighted by Crippen LogP contribution is 2.37. The van der Waals surface area contributed by atoms with Gasteiger partial charge in [-0.2, -0.15) is 0 Å². The maximum absolute atomic E-state index is 13.4. The number of carbonyl (C=O) groups excluding carboxylic acids is 2. The molecular weight excluding hydrogens is 364 g/mol. The molecule has 2 atom stereocenters. The number of hydrogen-bond donors (Lipinski definition) is 1. The number of likely N-dealkylation sites (tertiary alicyclic amines) is 1. The molecule has 0 spiro atoms. The van der Waals surface area contributed by atoms with E-state index in [1.54, 1.807) is 18.2 Å². The van der Waals surface area contributed by atoms with E-state index in [9.17, 15) is 9.59 Å². The zero-order chi connectivity index (χ0) is 20.2. The van der Waals surface area contributed by atoms with Gasteiger partial charge < -0.3 is 9.88 Å². The molecule has 1 amide bonds. The minimum atomic E-state index is -0.647. The molecule has 0 radical (unpaired) electrons. The number of nitrogens with one attached hydrogen (secondary N) is 1. The van der Waals surface area contributed by atoms with Crippen molar-refractivity contribution in [1.29, 1.82) is 0 Å². The number of nitrogens with zero attached hydrogens (tertiary/aromatic N) is 3. The number of para-hydroxylation sites is 2. The first-order valence-corrected chi connectivity index (χ1v) is 10.1. The van der Waals surface area contributed by atoms with Gasteiger partial charge in [-0.25, -0.2) is 4.98 Å². The van der Waals surface area contributed by atoms with Gasteiger partial charge in [-0.3, -0.25) is 14.5 Å². The standard InChI is InChI=1S/C23H24N4O2/c1-3-27-18-11-7-6-10-17(18)24-20(27)13-26-12-19-23(2,14-26)21(28)15-8-4-5-9-16(15)22(29)25-19/h4-11,19H,3,12-14H2,1-2H3,(H,25,29)/t19-,23+/m1/s1. The summed E-state index contributed by atoms with van der Waals surface area (Å²) in [6.45, 7) is 6.82. The molecule has 3 heterocycles. The Morgan fingerprint density at radius 3 is 2.62 bits per heavy atom. The molecule has 0 bridgehead atoms. The van der Waals surface area contributed by atoms with E-state index in [2.05, 4.69) is 27.8 Å². The van der Waals surface area contributed by atoms with Gasteiger partial charge in [0.2, 0.25) is 0 Å². The zero-order valence-corrected chi connectivity index (χ0v) is 16.7. The molecule has 6 heteroatoms. The van der Waals surface area contributed by atoms with Crippen LogP contribution in [0.4, 0.5) is 0 Å². The molecule has 0 unspecified atom stereocenters. The van der Waals surface area contributed by atoms with Crippen molar-refractivity contribution in [2.75, 3.05) is 13.1 Å². The summed E-state index contributed by atoms with van der Waals surface area (Å²) in [5.74, 6) is 0.876. The monoisotopic (exact) mass is 388 g/mol. The lowest BCUT2D eigenvalue weighted by molar-refractivity contribution is 0.0789. The second kappa shape index (κ2) is 6.52. The van der Waals surface area contributed by atoms with Crippen LogP contribution in [-0.2, 0) is 13.1 Å². The summed E-state index contributed by atoms with van der Waals surface area (Å²) >= 11 is 0. The highest BCUT2D eigenvalue weighted by Gasteiger charge is 2.51. The van der Waals surface area contributed by atoms with E-state index in [1.807, 2.05) is 31.2 Å². The van der Waals surface area contributed by atoms with Gasteiger partial charge in [0.1, 0.15) is 5.82 Å². The number of fused-ring (bicyclic) bond motifs is 3. The van der Waals surface area contributed by atoms with Crippen molar-refractivity contribution in [3.8, 4) is 0 Å². The quantitative estimate of drug-likeness (QED) is 0.749. The number of aryl methyl sites for hydroxylation is 1. The van der Waals surface area contributed by atoms with E-state index in [4.69, 9.17) is 4.98 Å². The molecule has 29 heavy (non-hydrogen) atoms. The maximum Gasteiger partial charge on any atom is 0.252 e. The predicted octanol–water partition coefficient (Wildman–Crippen LogP) is 2.87. The lowest BCUT2D eigenvalue weighted by Crippen LogP contribution is -2.47. The van der Waals surface area contributed by atoms with Crippen molar-refractivity contribution in [3.63, 3.8) is 0 Å². The molecule has 2 aliphatic rings. The van der Waals surface area contributed by atoms with Crippen LogP contribution in [0.2, 0.25) is 0 Å². The van der Waals surface area contributed by atoms with E-state index in [0.717, 1.165) is 23.4 Å². The van der Waals surface area contributed by atoms with Gasteiger partial charge in [0.05, 0.1) is 34.6 Å². The van der Waals surface area contributed by atoms with Gasteiger partial charge in [-0.1, -0.05) is 30.3 Å². The fourth-order valence-corrected chi connectivity index (χ4v) is 4.88. The molecule has 2 aromatic carbocycles. The van der Waals surface area contributed by atoms with E-state index < -0.39 is 5.41 Å². The third-order valence-corrected chi connectivity index (χ3v) is 6.42. The Hall–Kier alpha value is -2.99. The van der Waals surface area contributed by atoms with Gasteiger partial charge in [-0.15, -0.1) is 0 Å². The van der Waals surface area contributed by atoms with Crippen LogP contribution in [0.1, 0.15) is 40.4 Å². The molecule has 1 aromatic heterocycles. The van der Waals surface area contributed by atoms with E-state index in [0.29, 0.717) is 30.8 Å². The largest absolute Gasteiger partial charge is 0.347 e.